The highest BCUT2D eigenvalue weighted by Gasteiger charge is 2.08. The second kappa shape index (κ2) is 13.1. The van der Waals surface area contributed by atoms with E-state index in [4.69, 9.17) is 19.9 Å². The molecule has 2 N–H and O–H groups in total. The van der Waals surface area contributed by atoms with Gasteiger partial charge in [0.2, 0.25) is 0 Å². The van der Waals surface area contributed by atoms with Crippen molar-refractivity contribution in [2.24, 2.45) is 5.73 Å². The minimum Gasteiger partial charge on any atom is -0.378 e. The summed E-state index contributed by atoms with van der Waals surface area (Å²) in [6, 6.07) is 0. The maximum absolute atomic E-state index is 11.2. The SMILES string of the molecule is CN(CCS(C)(=O)=O)Cc1cn(CCOCCOCCOCCN)nn1. The number of ether oxygens (including phenoxy) is 3. The Hall–Kier alpha value is -1.11. The molecule has 0 spiro atoms. The molecule has 0 aliphatic rings. The molecule has 1 rings (SSSR count). The lowest BCUT2D eigenvalue weighted by atomic mass is 10.4. The van der Waals surface area contributed by atoms with E-state index < -0.39 is 9.84 Å². The molecule has 0 saturated heterocycles. The lowest BCUT2D eigenvalue weighted by Crippen LogP contribution is -2.25. The zero-order valence-corrected chi connectivity index (χ0v) is 16.5. The maximum atomic E-state index is 11.2. The minimum atomic E-state index is -2.96. The van der Waals surface area contributed by atoms with Crippen LogP contribution in [-0.4, -0.2) is 100 Å². The Bertz CT molecular complexity index is 581. The highest BCUT2D eigenvalue weighted by molar-refractivity contribution is 7.90. The first-order chi connectivity index (χ1) is 12.4. The topological polar surface area (TPSA) is 122 Å². The highest BCUT2D eigenvalue weighted by atomic mass is 32.2. The van der Waals surface area contributed by atoms with Gasteiger partial charge in [0, 0.05) is 32.1 Å². The van der Waals surface area contributed by atoms with Gasteiger partial charge in [-0.15, -0.1) is 5.10 Å². The van der Waals surface area contributed by atoms with Gasteiger partial charge in [-0.2, -0.15) is 0 Å². The van der Waals surface area contributed by atoms with Crippen molar-refractivity contribution in [3.8, 4) is 0 Å². The molecule has 0 aliphatic carbocycles. The molecule has 0 bridgehead atoms. The van der Waals surface area contributed by atoms with Gasteiger partial charge in [-0.3, -0.25) is 4.90 Å². The summed E-state index contributed by atoms with van der Waals surface area (Å²) >= 11 is 0. The quantitative estimate of drug-likeness (QED) is 0.344. The van der Waals surface area contributed by atoms with Crippen molar-refractivity contribution in [1.29, 1.82) is 0 Å². The van der Waals surface area contributed by atoms with Crippen molar-refractivity contribution in [2.45, 2.75) is 13.1 Å². The van der Waals surface area contributed by atoms with E-state index in [2.05, 4.69) is 10.3 Å². The van der Waals surface area contributed by atoms with Crippen LogP contribution in [0.15, 0.2) is 6.20 Å². The first-order valence-electron chi connectivity index (χ1n) is 8.59. The molecule has 0 aliphatic heterocycles. The third-order valence-electron chi connectivity index (χ3n) is 3.33. The Balaban J connectivity index is 2.07. The van der Waals surface area contributed by atoms with E-state index in [1.807, 2.05) is 18.1 Å². The molecular formula is C15H31N5O5S. The molecule has 1 aromatic heterocycles. The van der Waals surface area contributed by atoms with Gasteiger partial charge >= 0.3 is 0 Å². The van der Waals surface area contributed by atoms with Crippen molar-refractivity contribution in [3.63, 3.8) is 0 Å². The van der Waals surface area contributed by atoms with E-state index in [-0.39, 0.29) is 5.75 Å². The van der Waals surface area contributed by atoms with Gasteiger partial charge in [-0.1, -0.05) is 5.21 Å². The lowest BCUT2D eigenvalue weighted by Gasteiger charge is -2.13. The van der Waals surface area contributed by atoms with Crippen molar-refractivity contribution in [1.82, 2.24) is 19.9 Å². The van der Waals surface area contributed by atoms with E-state index in [0.29, 0.717) is 65.8 Å². The van der Waals surface area contributed by atoms with Gasteiger partial charge in [-0.05, 0) is 7.05 Å². The number of hydrogen-bond acceptors (Lipinski definition) is 9. The van der Waals surface area contributed by atoms with Crippen molar-refractivity contribution in [2.75, 3.05) is 71.8 Å². The predicted octanol–water partition coefficient (Wildman–Crippen LogP) is -1.24. The average Bonchev–Trinajstić information content (AvgIpc) is 3.01. The van der Waals surface area contributed by atoms with Crippen LogP contribution < -0.4 is 5.73 Å². The Morgan fingerprint density at radius 2 is 1.73 bits per heavy atom. The van der Waals surface area contributed by atoms with Gasteiger partial charge in [0.15, 0.2) is 0 Å². The van der Waals surface area contributed by atoms with Gasteiger partial charge in [-0.25, -0.2) is 13.1 Å². The molecular weight excluding hydrogens is 362 g/mol. The zero-order valence-electron chi connectivity index (χ0n) is 15.7. The van der Waals surface area contributed by atoms with Crippen LogP contribution in [-0.2, 0) is 37.1 Å². The molecule has 11 heteroatoms. The van der Waals surface area contributed by atoms with Crippen LogP contribution in [0.1, 0.15) is 5.69 Å². The molecule has 0 saturated carbocycles. The van der Waals surface area contributed by atoms with E-state index >= 15 is 0 Å². The normalized spacial score (nSPS) is 12.2. The minimum absolute atomic E-state index is 0.132. The predicted molar refractivity (Wildman–Crippen MR) is 97.6 cm³/mol. The Kier molecular flexibility index (Phi) is 11.6. The van der Waals surface area contributed by atoms with Crippen LogP contribution in [0.25, 0.3) is 0 Å². The summed E-state index contributed by atoms with van der Waals surface area (Å²) in [5, 5.41) is 8.12. The Morgan fingerprint density at radius 1 is 1.12 bits per heavy atom. The number of aromatic nitrogens is 3. The third-order valence-corrected chi connectivity index (χ3v) is 4.26. The van der Waals surface area contributed by atoms with Crippen molar-refractivity contribution < 1.29 is 22.6 Å². The molecule has 1 heterocycles. The second-order valence-corrected chi connectivity index (χ2v) is 8.23. The largest absolute Gasteiger partial charge is 0.378 e. The van der Waals surface area contributed by atoms with Crippen LogP contribution >= 0.6 is 0 Å². The lowest BCUT2D eigenvalue weighted by molar-refractivity contribution is 0.0141. The summed E-state index contributed by atoms with van der Waals surface area (Å²) in [4.78, 5) is 1.90. The highest BCUT2D eigenvalue weighted by Crippen LogP contribution is 1.99. The van der Waals surface area contributed by atoms with Crippen molar-refractivity contribution in [3.05, 3.63) is 11.9 Å². The summed E-state index contributed by atoms with van der Waals surface area (Å²) in [6.07, 6.45) is 3.07. The zero-order chi connectivity index (χ0) is 19.3. The maximum Gasteiger partial charge on any atom is 0.148 e. The summed E-state index contributed by atoms with van der Waals surface area (Å²) in [7, 11) is -1.10. The number of nitrogens with zero attached hydrogens (tertiary/aromatic N) is 4. The molecule has 1 aromatic rings. The van der Waals surface area contributed by atoms with Crippen LogP contribution in [0.3, 0.4) is 0 Å². The molecule has 0 aromatic carbocycles. The molecule has 0 amide bonds. The fourth-order valence-corrected chi connectivity index (χ4v) is 2.62. The van der Waals surface area contributed by atoms with E-state index in [1.54, 1.807) is 4.68 Å². The van der Waals surface area contributed by atoms with Gasteiger partial charge in [0.05, 0.1) is 57.6 Å². The monoisotopic (exact) mass is 393 g/mol. The van der Waals surface area contributed by atoms with Crippen LogP contribution in [0.2, 0.25) is 0 Å². The molecule has 0 radical (unpaired) electrons. The molecule has 26 heavy (non-hydrogen) atoms. The summed E-state index contributed by atoms with van der Waals surface area (Å²) < 4.78 is 40.1. The van der Waals surface area contributed by atoms with Crippen molar-refractivity contribution >= 4 is 9.84 Å². The fourth-order valence-electron chi connectivity index (χ4n) is 1.98. The molecule has 0 atom stereocenters. The van der Waals surface area contributed by atoms with Gasteiger partial charge in [0.1, 0.15) is 9.84 Å². The standard InChI is InChI=1S/C15H31N5O5S/c1-19(5-12-26(2,21)22)13-15-14-20(18-17-15)4-7-24-9-11-25-10-8-23-6-3-16/h14H,3-13,16H2,1-2H3. The van der Waals surface area contributed by atoms with Crippen LogP contribution in [0.5, 0.6) is 0 Å². The average molecular weight is 394 g/mol. The summed E-state index contributed by atoms with van der Waals surface area (Å²) in [6.45, 7) is 5.28. The van der Waals surface area contributed by atoms with E-state index in [0.717, 1.165) is 5.69 Å². The number of rotatable bonds is 16. The molecule has 152 valence electrons. The third kappa shape index (κ3) is 12.3. The van der Waals surface area contributed by atoms with Gasteiger partial charge < -0.3 is 19.9 Å². The summed E-state index contributed by atoms with van der Waals surface area (Å²) in [5.41, 5.74) is 6.10. The summed E-state index contributed by atoms with van der Waals surface area (Å²) in [5.74, 6) is 0.132. The van der Waals surface area contributed by atoms with Crippen LogP contribution in [0.4, 0.5) is 0 Å². The second-order valence-electron chi connectivity index (χ2n) is 5.97. The first kappa shape index (κ1) is 22.9. The Morgan fingerprint density at radius 3 is 2.35 bits per heavy atom. The number of hydrogen-bond donors (Lipinski definition) is 1. The fraction of sp³-hybridized carbons (Fsp3) is 0.867. The first-order valence-corrected chi connectivity index (χ1v) is 10.7. The number of sulfone groups is 1. The van der Waals surface area contributed by atoms with E-state index in [9.17, 15) is 8.42 Å². The molecule has 10 nitrogen and oxygen atoms in total. The smallest absolute Gasteiger partial charge is 0.148 e. The molecule has 0 fully saturated rings. The molecule has 0 unspecified atom stereocenters. The van der Waals surface area contributed by atoms with Gasteiger partial charge in [0.25, 0.3) is 0 Å². The Labute approximate surface area is 155 Å². The number of nitrogens with two attached hydrogens (primary N) is 1. The van der Waals surface area contributed by atoms with Crippen LogP contribution in [0, 0.1) is 0 Å². The van der Waals surface area contributed by atoms with E-state index in [1.165, 1.54) is 6.26 Å².